The first-order valence-electron chi connectivity index (χ1n) is 8.93. The van der Waals surface area contributed by atoms with Crippen molar-refractivity contribution >= 4 is 29.9 Å². The molecule has 24 heavy (non-hydrogen) atoms. The minimum absolute atomic E-state index is 0. The molecular formula is C17H32IN5O. The summed E-state index contributed by atoms with van der Waals surface area (Å²) in [4.78, 5) is 9.64. The number of nitrogens with one attached hydrogen (secondary N) is 1. The molecule has 138 valence electrons. The van der Waals surface area contributed by atoms with Crippen molar-refractivity contribution in [3.05, 3.63) is 17.5 Å². The second-order valence-corrected chi connectivity index (χ2v) is 5.92. The van der Waals surface area contributed by atoms with E-state index in [1.54, 1.807) is 0 Å². The van der Waals surface area contributed by atoms with E-state index in [4.69, 9.17) is 9.52 Å². The van der Waals surface area contributed by atoms with Crippen LogP contribution in [0.1, 0.15) is 45.6 Å². The molecule has 6 nitrogen and oxygen atoms in total. The Kier molecular flexibility index (Phi) is 9.65. The summed E-state index contributed by atoms with van der Waals surface area (Å²) in [5.74, 6) is 1.81. The molecule has 0 saturated carbocycles. The number of hydrogen-bond donors (Lipinski definition) is 1. The van der Waals surface area contributed by atoms with E-state index in [1.165, 1.54) is 6.42 Å². The summed E-state index contributed by atoms with van der Waals surface area (Å²) in [6, 6.07) is 2.63. The number of hydrogen-bond acceptors (Lipinski definition) is 4. The van der Waals surface area contributed by atoms with Crippen molar-refractivity contribution in [2.24, 2.45) is 4.99 Å². The van der Waals surface area contributed by atoms with Crippen LogP contribution in [0.3, 0.4) is 0 Å². The lowest BCUT2D eigenvalue weighted by molar-refractivity contribution is 0.223. The molecule has 2 heterocycles. The quantitative estimate of drug-likeness (QED) is 0.394. The maximum absolute atomic E-state index is 5.33. The number of likely N-dealkylation sites (N-methyl/N-ethyl adjacent to an activating group) is 1. The lowest BCUT2D eigenvalue weighted by Gasteiger charge is -2.27. The van der Waals surface area contributed by atoms with Crippen molar-refractivity contribution in [3.63, 3.8) is 0 Å². The molecule has 0 aliphatic carbocycles. The third kappa shape index (κ3) is 5.61. The number of guanidine groups is 1. The average molecular weight is 449 g/mol. The van der Waals surface area contributed by atoms with Gasteiger partial charge in [0.15, 0.2) is 11.7 Å². The Labute approximate surface area is 163 Å². The minimum Gasteiger partial charge on any atom is -0.359 e. The third-order valence-electron chi connectivity index (χ3n) is 4.48. The Bertz CT molecular complexity index is 501. The van der Waals surface area contributed by atoms with Crippen LogP contribution in [-0.2, 0) is 13.0 Å². The highest BCUT2D eigenvalue weighted by Crippen LogP contribution is 2.16. The van der Waals surface area contributed by atoms with Crippen molar-refractivity contribution in [3.8, 4) is 0 Å². The predicted octanol–water partition coefficient (Wildman–Crippen LogP) is 2.74. The van der Waals surface area contributed by atoms with E-state index in [9.17, 15) is 0 Å². The van der Waals surface area contributed by atoms with E-state index >= 15 is 0 Å². The summed E-state index contributed by atoms with van der Waals surface area (Å²) in [6.07, 6.45) is 2.10. The molecule has 0 radical (unpaired) electrons. The molecule has 1 atom stereocenters. The van der Waals surface area contributed by atoms with E-state index in [2.05, 4.69) is 48.0 Å². The van der Waals surface area contributed by atoms with Crippen molar-refractivity contribution in [2.45, 2.75) is 53.1 Å². The highest BCUT2D eigenvalue weighted by atomic mass is 127. The summed E-state index contributed by atoms with van der Waals surface area (Å²) in [6.45, 7) is 14.4. The van der Waals surface area contributed by atoms with Gasteiger partial charge in [-0.25, -0.2) is 4.99 Å². The summed E-state index contributed by atoms with van der Waals surface area (Å²) in [7, 11) is 0. The standard InChI is InChI=1S/C17H31N5O.HI/c1-5-14-11-16(23-20-14)12-19-17(18-6-2)22-10-9-15(13-22)21(7-3)8-4;/h11,15H,5-10,12-13H2,1-4H3,(H,18,19);1H. The van der Waals surface area contributed by atoms with Crippen molar-refractivity contribution in [1.29, 1.82) is 0 Å². The van der Waals surface area contributed by atoms with Gasteiger partial charge in [0.1, 0.15) is 6.54 Å². The fourth-order valence-electron chi connectivity index (χ4n) is 3.15. The predicted molar refractivity (Wildman–Crippen MR) is 109 cm³/mol. The number of likely N-dealkylation sites (tertiary alicyclic amines) is 1. The smallest absolute Gasteiger partial charge is 0.194 e. The Morgan fingerprint density at radius 3 is 2.71 bits per heavy atom. The maximum atomic E-state index is 5.33. The topological polar surface area (TPSA) is 56.9 Å². The number of aromatic nitrogens is 1. The zero-order valence-electron chi connectivity index (χ0n) is 15.4. The average Bonchev–Trinajstić information content (AvgIpc) is 3.22. The number of rotatable bonds is 7. The van der Waals surface area contributed by atoms with Gasteiger partial charge in [-0.3, -0.25) is 4.90 Å². The van der Waals surface area contributed by atoms with Crippen molar-refractivity contribution < 1.29 is 4.52 Å². The van der Waals surface area contributed by atoms with Gasteiger partial charge in [0.2, 0.25) is 0 Å². The highest BCUT2D eigenvalue weighted by molar-refractivity contribution is 14.0. The summed E-state index contributed by atoms with van der Waals surface area (Å²) >= 11 is 0. The first-order chi connectivity index (χ1) is 11.2. The fourth-order valence-corrected chi connectivity index (χ4v) is 3.15. The van der Waals surface area contributed by atoms with Crippen LogP contribution in [0.5, 0.6) is 0 Å². The monoisotopic (exact) mass is 449 g/mol. The van der Waals surface area contributed by atoms with Crippen LogP contribution in [0.15, 0.2) is 15.6 Å². The van der Waals surface area contributed by atoms with Crippen LogP contribution in [0.4, 0.5) is 0 Å². The number of halogens is 1. The molecule has 1 aliphatic rings. The zero-order chi connectivity index (χ0) is 16.7. The molecule has 1 fully saturated rings. The summed E-state index contributed by atoms with van der Waals surface area (Å²) < 4.78 is 5.33. The molecule has 0 aromatic carbocycles. The second kappa shape index (κ2) is 10.9. The van der Waals surface area contributed by atoms with Crippen molar-refractivity contribution in [2.75, 3.05) is 32.7 Å². The van der Waals surface area contributed by atoms with Crippen LogP contribution in [0.2, 0.25) is 0 Å². The van der Waals surface area contributed by atoms with Gasteiger partial charge in [0, 0.05) is 31.7 Å². The zero-order valence-corrected chi connectivity index (χ0v) is 17.7. The number of nitrogens with zero attached hydrogens (tertiary/aromatic N) is 4. The van der Waals surface area contributed by atoms with E-state index in [1.807, 2.05) is 6.07 Å². The Morgan fingerprint density at radius 1 is 1.38 bits per heavy atom. The molecular weight excluding hydrogens is 417 g/mol. The molecule has 1 aromatic heterocycles. The van der Waals surface area contributed by atoms with Crippen LogP contribution in [-0.4, -0.2) is 59.7 Å². The van der Waals surface area contributed by atoms with Crippen LogP contribution in [0.25, 0.3) is 0 Å². The largest absolute Gasteiger partial charge is 0.359 e. The SMILES string of the molecule is CCNC(=NCc1cc(CC)no1)N1CCC(N(CC)CC)C1.I. The molecule has 2 rings (SSSR count). The number of aryl methyl sites for hydroxylation is 1. The lowest BCUT2D eigenvalue weighted by atomic mass is 10.2. The molecule has 1 aliphatic heterocycles. The Balaban J connectivity index is 0.00000288. The van der Waals surface area contributed by atoms with Gasteiger partial charge in [0.25, 0.3) is 0 Å². The molecule has 1 unspecified atom stereocenters. The fraction of sp³-hybridized carbons (Fsp3) is 0.765. The second-order valence-electron chi connectivity index (χ2n) is 5.92. The van der Waals surface area contributed by atoms with Gasteiger partial charge < -0.3 is 14.7 Å². The van der Waals surface area contributed by atoms with Gasteiger partial charge in [-0.2, -0.15) is 0 Å². The normalized spacial score (nSPS) is 18.1. The molecule has 0 spiro atoms. The van der Waals surface area contributed by atoms with E-state index < -0.39 is 0 Å². The van der Waals surface area contributed by atoms with Crippen LogP contribution < -0.4 is 5.32 Å². The maximum Gasteiger partial charge on any atom is 0.194 e. The highest BCUT2D eigenvalue weighted by Gasteiger charge is 2.27. The van der Waals surface area contributed by atoms with Crippen molar-refractivity contribution in [1.82, 2.24) is 20.3 Å². The molecule has 0 bridgehead atoms. The lowest BCUT2D eigenvalue weighted by Crippen LogP contribution is -2.43. The van der Waals surface area contributed by atoms with Gasteiger partial charge in [-0.1, -0.05) is 25.9 Å². The van der Waals surface area contributed by atoms with Gasteiger partial charge >= 0.3 is 0 Å². The van der Waals surface area contributed by atoms with Crippen LogP contribution in [0, 0.1) is 0 Å². The molecule has 1 aromatic rings. The Morgan fingerprint density at radius 2 is 2.12 bits per heavy atom. The minimum atomic E-state index is 0. The Hall–Kier alpha value is -0.830. The van der Waals surface area contributed by atoms with Gasteiger partial charge in [0.05, 0.1) is 5.69 Å². The molecule has 1 N–H and O–H groups in total. The molecule has 7 heteroatoms. The molecule has 1 saturated heterocycles. The third-order valence-corrected chi connectivity index (χ3v) is 4.48. The number of aliphatic imine (C=N–C) groups is 1. The van der Waals surface area contributed by atoms with E-state index in [0.29, 0.717) is 12.6 Å². The summed E-state index contributed by atoms with van der Waals surface area (Å²) in [5.41, 5.74) is 0.989. The van der Waals surface area contributed by atoms with Gasteiger partial charge in [-0.15, -0.1) is 24.0 Å². The first kappa shape index (κ1) is 21.2. The van der Waals surface area contributed by atoms with Gasteiger partial charge in [-0.05, 0) is 32.9 Å². The van der Waals surface area contributed by atoms with E-state index in [-0.39, 0.29) is 24.0 Å². The van der Waals surface area contributed by atoms with E-state index in [0.717, 1.165) is 56.6 Å². The molecule has 0 amide bonds. The van der Waals surface area contributed by atoms with Crippen LogP contribution >= 0.6 is 24.0 Å². The first-order valence-corrected chi connectivity index (χ1v) is 8.93. The summed E-state index contributed by atoms with van der Waals surface area (Å²) in [5, 5.41) is 7.44.